The lowest BCUT2D eigenvalue weighted by Crippen LogP contribution is -1.96. The molecule has 1 heterocycles. The molecule has 0 aliphatic carbocycles. The third-order valence-electron chi connectivity index (χ3n) is 1.85. The van der Waals surface area contributed by atoms with E-state index in [4.69, 9.17) is 11.6 Å². The molecule has 0 aliphatic heterocycles. The van der Waals surface area contributed by atoms with E-state index in [1.165, 1.54) is 6.33 Å². The van der Waals surface area contributed by atoms with E-state index in [0.717, 1.165) is 19.5 Å². The lowest BCUT2D eigenvalue weighted by atomic mass is 10.3. The van der Waals surface area contributed by atoms with E-state index < -0.39 is 0 Å². The molecule has 3 nitrogen and oxygen atoms in total. The molecule has 0 bridgehead atoms. The second-order valence-electron chi connectivity index (χ2n) is 2.97. The van der Waals surface area contributed by atoms with Crippen LogP contribution in [0.1, 0.15) is 0 Å². The summed E-state index contributed by atoms with van der Waals surface area (Å²) >= 11 is 11.5. The van der Waals surface area contributed by atoms with Gasteiger partial charge in [-0.3, -0.25) is 0 Å². The van der Waals surface area contributed by atoms with E-state index in [9.17, 15) is 0 Å². The molecule has 0 saturated heterocycles. The highest BCUT2D eigenvalue weighted by molar-refractivity contribution is 14.1. The Morgan fingerprint density at radius 3 is 2.88 bits per heavy atom. The quantitative estimate of drug-likeness (QED) is 0.753. The molecule has 2 rings (SSSR count). The topological polar surface area (TPSA) is 37.8 Å². The smallest absolute Gasteiger partial charge is 0.147 e. The number of anilines is 2. The van der Waals surface area contributed by atoms with Crippen LogP contribution in [0.5, 0.6) is 0 Å². The molecule has 0 aliphatic rings. The van der Waals surface area contributed by atoms with Gasteiger partial charge in [-0.15, -0.1) is 0 Å². The Balaban J connectivity index is 2.28. The van der Waals surface area contributed by atoms with Crippen LogP contribution in [0.3, 0.4) is 0 Å². The van der Waals surface area contributed by atoms with Gasteiger partial charge >= 0.3 is 0 Å². The van der Waals surface area contributed by atoms with Gasteiger partial charge < -0.3 is 5.32 Å². The molecular weight excluding hydrogens is 404 g/mol. The molecule has 0 atom stereocenters. The highest BCUT2D eigenvalue weighted by Crippen LogP contribution is 2.27. The lowest BCUT2D eigenvalue weighted by molar-refractivity contribution is 1.15. The Hall–Kier alpha value is -0.400. The van der Waals surface area contributed by atoms with Gasteiger partial charge in [0, 0.05) is 16.4 Å². The van der Waals surface area contributed by atoms with E-state index in [-0.39, 0.29) is 0 Å². The van der Waals surface area contributed by atoms with Crippen LogP contribution in [0, 0.1) is 3.57 Å². The van der Waals surface area contributed by atoms with Crippen molar-refractivity contribution >= 4 is 61.6 Å². The van der Waals surface area contributed by atoms with Crippen molar-refractivity contribution in [1.82, 2.24) is 9.97 Å². The van der Waals surface area contributed by atoms with Crippen LogP contribution in [0.2, 0.25) is 5.02 Å². The predicted octanol–water partition coefficient (Wildman–Crippen LogP) is 4.24. The van der Waals surface area contributed by atoms with E-state index in [0.29, 0.717) is 5.02 Å². The summed E-state index contributed by atoms with van der Waals surface area (Å²) < 4.78 is 1.83. The molecule has 0 spiro atoms. The number of hydrogen-bond acceptors (Lipinski definition) is 3. The number of hydrogen-bond donors (Lipinski definition) is 1. The minimum Gasteiger partial charge on any atom is -0.339 e. The van der Waals surface area contributed by atoms with E-state index in [1.807, 2.05) is 18.2 Å². The molecule has 0 saturated carbocycles. The summed E-state index contributed by atoms with van der Waals surface area (Å²) in [5, 5.41) is 3.84. The van der Waals surface area contributed by atoms with Crippen molar-refractivity contribution < 1.29 is 0 Å². The van der Waals surface area contributed by atoms with Crippen molar-refractivity contribution in [3.63, 3.8) is 0 Å². The molecule has 16 heavy (non-hydrogen) atoms. The maximum Gasteiger partial charge on any atom is 0.147 e. The third kappa shape index (κ3) is 2.83. The van der Waals surface area contributed by atoms with Crippen molar-refractivity contribution in [2.24, 2.45) is 0 Å². The fraction of sp³-hybridized carbons (Fsp3) is 0. The number of aromatic nitrogens is 2. The Morgan fingerprint density at radius 1 is 1.38 bits per heavy atom. The molecule has 82 valence electrons. The van der Waals surface area contributed by atoms with Crippen LogP contribution < -0.4 is 5.32 Å². The summed E-state index contributed by atoms with van der Waals surface area (Å²) in [5.74, 6) is 0.772. The Morgan fingerprint density at radius 2 is 2.19 bits per heavy atom. The Bertz CT molecular complexity index is 521. The standard InChI is InChI=1S/C10H6BrClIN3/c11-7-2-1-6(3-8(7)12)16-10-9(13)4-14-5-15-10/h1-5H,(H,14,15,16). The van der Waals surface area contributed by atoms with Gasteiger partial charge in [0.1, 0.15) is 12.1 Å². The zero-order valence-electron chi connectivity index (χ0n) is 7.92. The van der Waals surface area contributed by atoms with Crippen molar-refractivity contribution in [1.29, 1.82) is 0 Å². The SMILES string of the molecule is Clc1cc(Nc2ncncc2I)ccc1Br. The average Bonchev–Trinajstić information content (AvgIpc) is 2.27. The van der Waals surface area contributed by atoms with Crippen LogP contribution in [-0.2, 0) is 0 Å². The highest BCUT2D eigenvalue weighted by Gasteiger charge is 2.03. The molecule has 6 heteroatoms. The fourth-order valence-corrected chi connectivity index (χ4v) is 1.98. The largest absolute Gasteiger partial charge is 0.339 e. The summed E-state index contributed by atoms with van der Waals surface area (Å²) in [7, 11) is 0. The molecular formula is C10H6BrClIN3. The summed E-state index contributed by atoms with van der Waals surface area (Å²) in [5.41, 5.74) is 0.893. The molecule has 0 radical (unpaired) electrons. The van der Waals surface area contributed by atoms with Crippen LogP contribution >= 0.6 is 50.1 Å². The third-order valence-corrected chi connectivity index (χ3v) is 3.87. The molecule has 0 unspecified atom stereocenters. The number of nitrogens with one attached hydrogen (secondary N) is 1. The number of benzene rings is 1. The molecule has 2 aromatic rings. The number of rotatable bonds is 2. The van der Waals surface area contributed by atoms with Gasteiger partial charge in [0.15, 0.2) is 0 Å². The van der Waals surface area contributed by atoms with Gasteiger partial charge in [-0.05, 0) is 56.7 Å². The van der Waals surface area contributed by atoms with Crippen molar-refractivity contribution in [2.75, 3.05) is 5.32 Å². The Kier molecular flexibility index (Phi) is 3.99. The zero-order chi connectivity index (χ0) is 11.5. The summed E-state index contributed by atoms with van der Waals surface area (Å²) in [6, 6.07) is 5.65. The fourth-order valence-electron chi connectivity index (χ4n) is 1.12. The van der Waals surface area contributed by atoms with Gasteiger partial charge in [-0.1, -0.05) is 11.6 Å². The van der Waals surface area contributed by atoms with E-state index >= 15 is 0 Å². The van der Waals surface area contributed by atoms with Gasteiger partial charge in [-0.2, -0.15) is 0 Å². The molecule has 1 N–H and O–H groups in total. The first kappa shape index (κ1) is 12.1. The summed E-state index contributed by atoms with van der Waals surface area (Å²) in [4.78, 5) is 8.07. The van der Waals surface area contributed by atoms with E-state index in [1.54, 1.807) is 6.20 Å². The number of nitrogens with zero attached hydrogens (tertiary/aromatic N) is 2. The number of halogens is 3. The van der Waals surface area contributed by atoms with Gasteiger partial charge in [-0.25, -0.2) is 9.97 Å². The van der Waals surface area contributed by atoms with E-state index in [2.05, 4.69) is 53.8 Å². The van der Waals surface area contributed by atoms with Gasteiger partial charge in [0.05, 0.1) is 8.59 Å². The first-order valence-electron chi connectivity index (χ1n) is 4.34. The molecule has 0 amide bonds. The highest BCUT2D eigenvalue weighted by atomic mass is 127. The van der Waals surface area contributed by atoms with Crippen molar-refractivity contribution in [2.45, 2.75) is 0 Å². The predicted molar refractivity (Wildman–Crippen MR) is 77.2 cm³/mol. The van der Waals surface area contributed by atoms with Crippen LogP contribution in [0.15, 0.2) is 35.2 Å². The first-order valence-corrected chi connectivity index (χ1v) is 6.59. The monoisotopic (exact) mass is 409 g/mol. The zero-order valence-corrected chi connectivity index (χ0v) is 12.4. The van der Waals surface area contributed by atoms with Crippen molar-refractivity contribution in [3.05, 3.63) is 43.8 Å². The minimum absolute atomic E-state index is 0.661. The maximum absolute atomic E-state index is 6.00. The summed E-state index contributed by atoms with van der Waals surface area (Å²) in [6.07, 6.45) is 3.25. The van der Waals surface area contributed by atoms with Crippen LogP contribution in [0.25, 0.3) is 0 Å². The second kappa shape index (κ2) is 5.29. The average molecular weight is 410 g/mol. The molecule has 1 aromatic heterocycles. The first-order chi connectivity index (χ1) is 7.66. The van der Waals surface area contributed by atoms with Crippen LogP contribution in [0.4, 0.5) is 11.5 Å². The Labute approximate surface area is 120 Å². The van der Waals surface area contributed by atoms with Gasteiger partial charge in [0.2, 0.25) is 0 Å². The second-order valence-corrected chi connectivity index (χ2v) is 5.40. The minimum atomic E-state index is 0.661. The normalized spacial score (nSPS) is 10.2. The maximum atomic E-state index is 6.00. The van der Waals surface area contributed by atoms with Crippen LogP contribution in [-0.4, -0.2) is 9.97 Å². The lowest BCUT2D eigenvalue weighted by Gasteiger charge is -2.07. The molecule has 0 fully saturated rings. The molecule has 1 aromatic carbocycles. The van der Waals surface area contributed by atoms with Gasteiger partial charge in [0.25, 0.3) is 0 Å². The summed E-state index contributed by atoms with van der Waals surface area (Å²) in [6.45, 7) is 0. The van der Waals surface area contributed by atoms with Crippen molar-refractivity contribution in [3.8, 4) is 0 Å².